The fourth-order valence-corrected chi connectivity index (χ4v) is 4.74. The van der Waals surface area contributed by atoms with Crippen molar-refractivity contribution >= 4 is 51.9 Å². The van der Waals surface area contributed by atoms with Gasteiger partial charge >= 0.3 is 0 Å². The van der Waals surface area contributed by atoms with Gasteiger partial charge in [0.2, 0.25) is 5.28 Å². The molecule has 3 atom stereocenters. The molecule has 2 aromatic heterocycles. The van der Waals surface area contributed by atoms with Crippen molar-refractivity contribution in [1.82, 2.24) is 19.5 Å². The lowest BCUT2D eigenvalue weighted by molar-refractivity contribution is 0.0313. The van der Waals surface area contributed by atoms with Crippen LogP contribution < -0.4 is 10.1 Å². The van der Waals surface area contributed by atoms with Gasteiger partial charge in [-0.15, -0.1) is 11.8 Å². The zero-order valence-electron chi connectivity index (χ0n) is 14.7. The summed E-state index contributed by atoms with van der Waals surface area (Å²) in [4.78, 5) is 12.9. The summed E-state index contributed by atoms with van der Waals surface area (Å²) in [7, 11) is 1.59. The minimum atomic E-state index is -0.914. The largest absolute Gasteiger partial charge is 0.496 e. The smallest absolute Gasteiger partial charge is 0.226 e. The Hall–Kier alpha value is -1.78. The van der Waals surface area contributed by atoms with Crippen molar-refractivity contribution in [3.05, 3.63) is 40.4 Å². The van der Waals surface area contributed by atoms with Gasteiger partial charge in [-0.1, -0.05) is 11.6 Å². The lowest BCUT2D eigenvalue weighted by Gasteiger charge is -2.17. The first-order valence-corrected chi connectivity index (χ1v) is 10.2. The van der Waals surface area contributed by atoms with E-state index in [4.69, 9.17) is 27.9 Å². The summed E-state index contributed by atoms with van der Waals surface area (Å²) in [5.41, 5.74) is 1.84. The molecule has 1 fully saturated rings. The molecule has 0 aliphatic carbocycles. The summed E-state index contributed by atoms with van der Waals surface area (Å²) in [5, 5.41) is 23.5. The number of aliphatic hydroxyl groups is 2. The van der Waals surface area contributed by atoms with E-state index in [-0.39, 0.29) is 5.28 Å². The third kappa shape index (κ3) is 3.60. The van der Waals surface area contributed by atoms with Crippen LogP contribution in [0.25, 0.3) is 11.2 Å². The molecular formula is C17H17Cl2N5O3S. The van der Waals surface area contributed by atoms with Gasteiger partial charge in [0.1, 0.15) is 17.2 Å². The Kier molecular flexibility index (Phi) is 5.52. The van der Waals surface area contributed by atoms with Crippen LogP contribution in [0.5, 0.6) is 5.75 Å². The summed E-state index contributed by atoms with van der Waals surface area (Å²) in [6.45, 7) is 0.387. The third-order valence-electron chi connectivity index (χ3n) is 4.48. The number of methoxy groups -OCH3 is 1. The van der Waals surface area contributed by atoms with Crippen LogP contribution in [0, 0.1) is 0 Å². The van der Waals surface area contributed by atoms with Crippen LogP contribution >= 0.6 is 35.0 Å². The quantitative estimate of drug-likeness (QED) is 0.518. The van der Waals surface area contributed by atoms with Crippen LogP contribution in [0.2, 0.25) is 10.3 Å². The predicted octanol–water partition coefficient (Wildman–Crippen LogP) is 2.72. The van der Waals surface area contributed by atoms with Crippen molar-refractivity contribution in [3.63, 3.8) is 0 Å². The highest BCUT2D eigenvalue weighted by Gasteiger charge is 2.36. The zero-order valence-corrected chi connectivity index (χ0v) is 17.0. The molecule has 8 nitrogen and oxygen atoms in total. The second-order valence-electron chi connectivity index (χ2n) is 6.26. The molecule has 148 valence electrons. The molecule has 1 aliphatic rings. The number of thioether (sulfide) groups is 1. The van der Waals surface area contributed by atoms with Gasteiger partial charge in [0.05, 0.1) is 19.5 Å². The zero-order chi connectivity index (χ0) is 19.8. The molecule has 0 amide bonds. The molecule has 3 N–H and O–H groups in total. The van der Waals surface area contributed by atoms with E-state index in [1.54, 1.807) is 36.2 Å². The van der Waals surface area contributed by atoms with Crippen LogP contribution in [0.4, 0.5) is 5.82 Å². The number of halogens is 2. The molecule has 1 unspecified atom stereocenters. The molecule has 3 heterocycles. The van der Waals surface area contributed by atoms with Crippen molar-refractivity contribution in [3.8, 4) is 5.75 Å². The maximum absolute atomic E-state index is 10.2. The first-order chi connectivity index (χ1) is 13.5. The van der Waals surface area contributed by atoms with E-state index < -0.39 is 17.6 Å². The van der Waals surface area contributed by atoms with Gasteiger partial charge < -0.3 is 20.3 Å². The van der Waals surface area contributed by atoms with E-state index in [0.29, 0.717) is 40.1 Å². The molecule has 1 aliphatic heterocycles. The number of fused-ring (bicyclic) bond motifs is 1. The SMILES string of the molecule is COc1ccc(Cl)cc1CNc1nc(Cl)nc2c1ncn2[C@@H]1SCC(O)[C@@H]1O. The normalized spacial score (nSPS) is 22.0. The average Bonchev–Trinajstić information content (AvgIpc) is 3.23. The fraction of sp³-hybridized carbons (Fsp3) is 0.353. The second kappa shape index (κ2) is 7.92. The van der Waals surface area contributed by atoms with Crippen molar-refractivity contribution in [1.29, 1.82) is 0 Å². The van der Waals surface area contributed by atoms with E-state index in [9.17, 15) is 10.2 Å². The Morgan fingerprint density at radius 1 is 1.32 bits per heavy atom. The third-order valence-corrected chi connectivity index (χ3v) is 6.27. The fourth-order valence-electron chi connectivity index (χ4n) is 3.09. The van der Waals surface area contributed by atoms with Crippen molar-refractivity contribution in [2.75, 3.05) is 18.2 Å². The summed E-state index contributed by atoms with van der Waals surface area (Å²) >= 11 is 13.6. The Bertz CT molecular complexity index is 1020. The van der Waals surface area contributed by atoms with E-state index >= 15 is 0 Å². The topological polar surface area (TPSA) is 105 Å². The number of hydrogen-bond acceptors (Lipinski definition) is 8. The van der Waals surface area contributed by atoms with Gasteiger partial charge in [0, 0.05) is 22.9 Å². The maximum Gasteiger partial charge on any atom is 0.226 e. The number of anilines is 1. The number of nitrogens with zero attached hydrogens (tertiary/aromatic N) is 4. The molecule has 0 saturated carbocycles. The number of aromatic nitrogens is 4. The van der Waals surface area contributed by atoms with Gasteiger partial charge in [-0.25, -0.2) is 4.98 Å². The number of imidazole rings is 1. The van der Waals surface area contributed by atoms with Crippen molar-refractivity contribution < 1.29 is 14.9 Å². The van der Waals surface area contributed by atoms with Gasteiger partial charge in [-0.3, -0.25) is 4.57 Å². The molecule has 3 aromatic rings. The highest BCUT2D eigenvalue weighted by Crippen LogP contribution is 2.38. The molecule has 0 bridgehead atoms. The number of nitrogens with one attached hydrogen (secondary N) is 1. The molecule has 4 rings (SSSR count). The summed E-state index contributed by atoms with van der Waals surface area (Å²) in [5.74, 6) is 1.58. The number of aliphatic hydroxyl groups excluding tert-OH is 2. The predicted molar refractivity (Wildman–Crippen MR) is 109 cm³/mol. The lowest BCUT2D eigenvalue weighted by Crippen LogP contribution is -2.27. The van der Waals surface area contributed by atoms with Gasteiger partial charge in [0.15, 0.2) is 17.0 Å². The Morgan fingerprint density at radius 3 is 2.86 bits per heavy atom. The average molecular weight is 442 g/mol. The van der Waals surface area contributed by atoms with Crippen LogP contribution in [-0.4, -0.2) is 54.8 Å². The monoisotopic (exact) mass is 441 g/mol. The number of hydrogen-bond donors (Lipinski definition) is 3. The Morgan fingerprint density at radius 2 is 2.14 bits per heavy atom. The van der Waals surface area contributed by atoms with E-state index in [1.807, 2.05) is 0 Å². The minimum absolute atomic E-state index is 0.0489. The summed E-state index contributed by atoms with van der Waals surface area (Å²) in [6.07, 6.45) is -0.138. The number of ether oxygens (including phenoxy) is 1. The first kappa shape index (κ1) is 19.5. The molecule has 28 heavy (non-hydrogen) atoms. The van der Waals surface area contributed by atoms with Gasteiger partial charge in [0.25, 0.3) is 0 Å². The maximum atomic E-state index is 10.2. The van der Waals surface area contributed by atoms with Crippen molar-refractivity contribution in [2.24, 2.45) is 0 Å². The summed E-state index contributed by atoms with van der Waals surface area (Å²) < 4.78 is 7.07. The number of rotatable bonds is 5. The van der Waals surface area contributed by atoms with E-state index in [1.165, 1.54) is 11.8 Å². The molecule has 1 aromatic carbocycles. The minimum Gasteiger partial charge on any atom is -0.496 e. The molecular weight excluding hydrogens is 425 g/mol. The molecule has 0 spiro atoms. The second-order valence-corrected chi connectivity index (χ2v) is 8.18. The number of benzene rings is 1. The van der Waals surface area contributed by atoms with Crippen LogP contribution in [-0.2, 0) is 6.54 Å². The molecule has 11 heteroatoms. The standard InChI is InChI=1S/C17H17Cl2N5O3S/c1-27-11-3-2-9(18)4-8(11)5-20-14-12-15(23-17(19)22-14)24(7-21-12)16-13(26)10(25)6-28-16/h2-4,7,10,13,16,25-26H,5-6H2,1H3,(H,20,22,23)/t10?,13-,16+/m0/s1. The Balaban J connectivity index is 1.66. The van der Waals surface area contributed by atoms with Crippen LogP contribution in [0.15, 0.2) is 24.5 Å². The van der Waals surface area contributed by atoms with Gasteiger partial charge in [-0.2, -0.15) is 9.97 Å². The highest BCUT2D eigenvalue weighted by atomic mass is 35.5. The Labute approximate surface area is 174 Å². The van der Waals surface area contributed by atoms with Crippen LogP contribution in [0.3, 0.4) is 0 Å². The van der Waals surface area contributed by atoms with Crippen molar-refractivity contribution in [2.45, 2.75) is 24.1 Å². The summed E-state index contributed by atoms with van der Waals surface area (Å²) in [6, 6.07) is 5.35. The molecule has 0 radical (unpaired) electrons. The highest BCUT2D eigenvalue weighted by molar-refractivity contribution is 7.99. The lowest BCUT2D eigenvalue weighted by atomic mass is 10.2. The first-order valence-electron chi connectivity index (χ1n) is 8.42. The molecule has 1 saturated heterocycles. The van der Waals surface area contributed by atoms with E-state index in [0.717, 1.165) is 5.56 Å². The van der Waals surface area contributed by atoms with Gasteiger partial charge in [-0.05, 0) is 29.8 Å². The van der Waals surface area contributed by atoms with E-state index in [2.05, 4.69) is 20.3 Å². The van der Waals surface area contributed by atoms with Crippen LogP contribution in [0.1, 0.15) is 10.9 Å².